The Labute approximate surface area is 75.6 Å². The number of hydrogen-bond donors (Lipinski definition) is 1. The Hall–Kier alpha value is -0.170. The molecule has 1 aliphatic carbocycles. The summed E-state index contributed by atoms with van der Waals surface area (Å²) in [6.07, 6.45) is 9.64. The maximum atomic E-state index is 5.75. The number of nitrogens with one attached hydrogen (secondary N) is 1. The summed E-state index contributed by atoms with van der Waals surface area (Å²) in [5, 5.41) is 3.28. The van der Waals surface area contributed by atoms with Crippen LogP contribution in [0.2, 0.25) is 0 Å². The van der Waals surface area contributed by atoms with E-state index in [2.05, 4.69) is 36.9 Å². The van der Waals surface area contributed by atoms with Crippen LogP contribution in [0.4, 0.5) is 0 Å². The van der Waals surface area contributed by atoms with Gasteiger partial charge in [-0.1, -0.05) is 31.2 Å². The summed E-state index contributed by atoms with van der Waals surface area (Å²) in [4.78, 5) is 0. The van der Waals surface area contributed by atoms with Gasteiger partial charge in [-0.05, 0) is 19.6 Å². The van der Waals surface area contributed by atoms with Gasteiger partial charge < -0.3 is 4.52 Å². The summed E-state index contributed by atoms with van der Waals surface area (Å²) in [5.74, 6) is 0. The molecule has 0 radical (unpaired) electrons. The fourth-order valence-corrected chi connectivity index (χ4v) is 2.18. The van der Waals surface area contributed by atoms with E-state index in [0.29, 0.717) is 0 Å². The highest BCUT2D eigenvalue weighted by molar-refractivity contribution is 7.49. The van der Waals surface area contributed by atoms with Crippen LogP contribution < -0.4 is 5.09 Å². The topological polar surface area (TPSA) is 21.3 Å². The van der Waals surface area contributed by atoms with Crippen molar-refractivity contribution < 1.29 is 4.52 Å². The SMILES string of the molecule is CCNP(C)OC1C=CC=CC1. The molecule has 0 saturated heterocycles. The van der Waals surface area contributed by atoms with Gasteiger partial charge in [0, 0.05) is 0 Å². The van der Waals surface area contributed by atoms with Crippen LogP contribution in [-0.2, 0) is 4.52 Å². The van der Waals surface area contributed by atoms with Crippen LogP contribution in [0.5, 0.6) is 0 Å². The van der Waals surface area contributed by atoms with Crippen molar-refractivity contribution >= 4 is 8.30 Å². The van der Waals surface area contributed by atoms with Crippen LogP contribution >= 0.6 is 8.30 Å². The minimum atomic E-state index is -0.439. The molecule has 12 heavy (non-hydrogen) atoms. The molecule has 0 aromatic carbocycles. The lowest BCUT2D eigenvalue weighted by molar-refractivity contribution is 0.278. The van der Waals surface area contributed by atoms with Gasteiger partial charge in [0.1, 0.15) is 0 Å². The lowest BCUT2D eigenvalue weighted by Gasteiger charge is -2.19. The highest BCUT2D eigenvalue weighted by Crippen LogP contribution is 2.30. The van der Waals surface area contributed by atoms with Gasteiger partial charge in [-0.25, -0.2) is 0 Å². The van der Waals surface area contributed by atoms with Crippen molar-refractivity contribution in [1.29, 1.82) is 0 Å². The van der Waals surface area contributed by atoms with Crippen LogP contribution in [0.15, 0.2) is 24.3 Å². The van der Waals surface area contributed by atoms with Crippen LogP contribution in [0.25, 0.3) is 0 Å². The van der Waals surface area contributed by atoms with Gasteiger partial charge in [0.25, 0.3) is 0 Å². The van der Waals surface area contributed by atoms with E-state index in [9.17, 15) is 0 Å². The number of hydrogen-bond acceptors (Lipinski definition) is 2. The maximum Gasteiger partial charge on any atom is 0.0987 e. The predicted molar refractivity (Wildman–Crippen MR) is 54.3 cm³/mol. The molecule has 2 atom stereocenters. The lowest BCUT2D eigenvalue weighted by Crippen LogP contribution is -2.13. The molecule has 0 aromatic heterocycles. The fourth-order valence-electron chi connectivity index (χ4n) is 1.10. The standard InChI is InChI=1S/C9H16NOP/c1-3-10-12(2)11-9-7-5-4-6-8-9/h4-7,9-10H,3,8H2,1-2H3. The first kappa shape index (κ1) is 9.91. The molecule has 0 heterocycles. The molecule has 1 rings (SSSR count). The number of rotatable bonds is 4. The Kier molecular flexibility index (Phi) is 4.52. The smallest absolute Gasteiger partial charge is 0.0987 e. The van der Waals surface area contributed by atoms with E-state index in [1.807, 2.05) is 6.08 Å². The molecule has 0 saturated carbocycles. The largest absolute Gasteiger partial charge is 0.336 e. The third-order valence-corrected chi connectivity index (χ3v) is 2.96. The Morgan fingerprint density at radius 1 is 1.58 bits per heavy atom. The average molecular weight is 185 g/mol. The molecule has 3 heteroatoms. The van der Waals surface area contributed by atoms with Crippen LogP contribution in [-0.4, -0.2) is 19.3 Å². The molecule has 2 unspecified atom stereocenters. The fraction of sp³-hybridized carbons (Fsp3) is 0.556. The van der Waals surface area contributed by atoms with E-state index in [0.717, 1.165) is 13.0 Å². The summed E-state index contributed by atoms with van der Waals surface area (Å²) >= 11 is 0. The molecule has 0 fully saturated rings. The molecule has 0 spiro atoms. The first-order chi connectivity index (χ1) is 5.83. The molecule has 2 nitrogen and oxygen atoms in total. The normalized spacial score (nSPS) is 24.3. The van der Waals surface area contributed by atoms with Gasteiger partial charge in [-0.3, -0.25) is 5.09 Å². The molecule has 0 aliphatic heterocycles. The second-order valence-corrected chi connectivity index (χ2v) is 4.22. The maximum absolute atomic E-state index is 5.75. The summed E-state index contributed by atoms with van der Waals surface area (Å²) < 4.78 is 5.75. The highest BCUT2D eigenvalue weighted by atomic mass is 31.2. The minimum absolute atomic E-state index is 0.283. The molecular weight excluding hydrogens is 169 g/mol. The van der Waals surface area contributed by atoms with Crippen molar-refractivity contribution in [3.63, 3.8) is 0 Å². The first-order valence-electron chi connectivity index (χ1n) is 4.30. The summed E-state index contributed by atoms with van der Waals surface area (Å²) in [5.41, 5.74) is 0. The predicted octanol–water partition coefficient (Wildman–Crippen LogP) is 2.44. The Balaban J connectivity index is 2.22. The van der Waals surface area contributed by atoms with Crippen LogP contribution in [0, 0.1) is 0 Å². The second kappa shape index (κ2) is 5.47. The zero-order chi connectivity index (χ0) is 8.81. The molecule has 68 valence electrons. The molecule has 1 N–H and O–H groups in total. The quantitative estimate of drug-likeness (QED) is 0.679. The zero-order valence-electron chi connectivity index (χ0n) is 7.66. The van der Waals surface area contributed by atoms with E-state index >= 15 is 0 Å². The van der Waals surface area contributed by atoms with E-state index in [4.69, 9.17) is 4.52 Å². The van der Waals surface area contributed by atoms with Crippen LogP contribution in [0.1, 0.15) is 13.3 Å². The summed E-state index contributed by atoms with van der Waals surface area (Å²) in [6, 6.07) is 0. The molecule has 0 bridgehead atoms. The minimum Gasteiger partial charge on any atom is -0.336 e. The number of allylic oxidation sites excluding steroid dienone is 2. The van der Waals surface area contributed by atoms with E-state index in [1.54, 1.807) is 0 Å². The van der Waals surface area contributed by atoms with E-state index in [-0.39, 0.29) is 6.10 Å². The first-order valence-corrected chi connectivity index (χ1v) is 6.01. The van der Waals surface area contributed by atoms with E-state index in [1.165, 1.54) is 0 Å². The average Bonchev–Trinajstić information content (AvgIpc) is 2.06. The van der Waals surface area contributed by atoms with E-state index < -0.39 is 8.30 Å². The highest BCUT2D eigenvalue weighted by Gasteiger charge is 2.09. The molecule has 0 aromatic rings. The van der Waals surface area contributed by atoms with Gasteiger partial charge in [0.15, 0.2) is 0 Å². The van der Waals surface area contributed by atoms with Gasteiger partial charge in [-0.2, -0.15) is 0 Å². The van der Waals surface area contributed by atoms with Crippen molar-refractivity contribution in [3.05, 3.63) is 24.3 Å². The Bertz CT molecular complexity index is 179. The molecule has 1 aliphatic rings. The van der Waals surface area contributed by atoms with Gasteiger partial charge in [-0.15, -0.1) is 0 Å². The Morgan fingerprint density at radius 2 is 2.42 bits per heavy atom. The van der Waals surface area contributed by atoms with Crippen molar-refractivity contribution in [3.8, 4) is 0 Å². The van der Waals surface area contributed by atoms with Gasteiger partial charge >= 0.3 is 0 Å². The van der Waals surface area contributed by atoms with Crippen molar-refractivity contribution in [2.24, 2.45) is 0 Å². The molecule has 0 amide bonds. The molecular formula is C9H16NOP. The third kappa shape index (κ3) is 3.48. The van der Waals surface area contributed by atoms with Crippen LogP contribution in [0.3, 0.4) is 0 Å². The van der Waals surface area contributed by atoms with Crippen molar-refractivity contribution in [2.75, 3.05) is 13.2 Å². The third-order valence-electron chi connectivity index (χ3n) is 1.62. The van der Waals surface area contributed by atoms with Crippen molar-refractivity contribution in [2.45, 2.75) is 19.4 Å². The zero-order valence-corrected chi connectivity index (χ0v) is 8.55. The van der Waals surface area contributed by atoms with Crippen molar-refractivity contribution in [1.82, 2.24) is 5.09 Å². The summed E-state index contributed by atoms with van der Waals surface area (Å²) in [7, 11) is -0.439. The monoisotopic (exact) mass is 185 g/mol. The second-order valence-electron chi connectivity index (χ2n) is 2.70. The van der Waals surface area contributed by atoms with Gasteiger partial charge in [0.2, 0.25) is 0 Å². The Morgan fingerprint density at radius 3 is 3.00 bits per heavy atom. The lowest BCUT2D eigenvalue weighted by atomic mass is 10.1. The summed E-state index contributed by atoms with van der Waals surface area (Å²) in [6.45, 7) is 5.18. The van der Waals surface area contributed by atoms with Gasteiger partial charge in [0.05, 0.1) is 14.4 Å².